The summed E-state index contributed by atoms with van der Waals surface area (Å²) in [5, 5.41) is 15.1. The number of nitrogens with one attached hydrogen (secondary N) is 1. The average Bonchev–Trinajstić information content (AvgIpc) is 3.44. The van der Waals surface area contributed by atoms with Crippen LogP contribution < -0.4 is 5.32 Å². The number of carbonyl (C=O) groups is 1. The lowest BCUT2D eigenvalue weighted by Gasteiger charge is -2.30. The fourth-order valence-corrected chi connectivity index (χ4v) is 5.64. The minimum Gasteiger partial charge on any atom is -0.395 e. The Balaban J connectivity index is 1.67. The number of hydrogen-bond acceptors (Lipinski definition) is 6. The number of amides is 1. The van der Waals surface area contributed by atoms with Gasteiger partial charge in [0.2, 0.25) is 5.92 Å². The molecule has 0 bridgehead atoms. The SMILES string of the molecule is CC(C)(C)c1nc2cc(S(=O)(=O)n3cc(C(=O)NCCO)cn3)ccc2n1CC1CCC(F)(F)CC1. The number of nitrogens with zero attached hydrogens (tertiary/aromatic N) is 4. The number of aliphatic hydroxyl groups is 1. The molecule has 9 nitrogen and oxygen atoms in total. The maximum Gasteiger partial charge on any atom is 0.283 e. The summed E-state index contributed by atoms with van der Waals surface area (Å²) in [6, 6.07) is 4.61. The summed E-state index contributed by atoms with van der Waals surface area (Å²) in [5.74, 6) is -2.30. The van der Waals surface area contributed by atoms with Crippen LogP contribution in [-0.4, -0.2) is 57.2 Å². The maximum atomic E-state index is 13.7. The number of aliphatic hydroxyl groups excluding tert-OH is 1. The van der Waals surface area contributed by atoms with E-state index < -0.39 is 21.9 Å². The summed E-state index contributed by atoms with van der Waals surface area (Å²) in [7, 11) is -4.10. The predicted molar refractivity (Wildman–Crippen MR) is 130 cm³/mol. The number of alkyl halides is 2. The number of hydrogen-bond donors (Lipinski definition) is 2. The molecule has 12 heteroatoms. The minimum atomic E-state index is -4.10. The van der Waals surface area contributed by atoms with Crippen LogP contribution in [0.3, 0.4) is 0 Å². The first kappa shape index (κ1) is 26.2. The standard InChI is InChI=1S/C24H31F2N5O4S/c1-23(2,3)22-29-19-12-18(36(34,35)31-15-17(13-28-31)21(33)27-10-11-32)4-5-20(19)30(22)14-16-6-8-24(25,26)9-7-16/h4-5,12-13,15-16,32H,6-11,14H2,1-3H3,(H,27,33). The summed E-state index contributed by atoms with van der Waals surface area (Å²) in [4.78, 5) is 16.8. The van der Waals surface area contributed by atoms with Crippen LogP contribution in [0.4, 0.5) is 8.78 Å². The topological polar surface area (TPSA) is 119 Å². The van der Waals surface area contributed by atoms with Crippen molar-refractivity contribution in [3.63, 3.8) is 0 Å². The Morgan fingerprint density at radius 1 is 1.25 bits per heavy atom. The smallest absolute Gasteiger partial charge is 0.283 e. The van der Waals surface area contributed by atoms with E-state index in [1.165, 1.54) is 12.1 Å². The van der Waals surface area contributed by atoms with Crippen molar-refractivity contribution < 1.29 is 27.1 Å². The molecule has 1 saturated carbocycles. The highest BCUT2D eigenvalue weighted by Crippen LogP contribution is 2.38. The van der Waals surface area contributed by atoms with Gasteiger partial charge in [-0.3, -0.25) is 4.79 Å². The van der Waals surface area contributed by atoms with Crippen molar-refractivity contribution in [3.8, 4) is 0 Å². The molecule has 1 aromatic carbocycles. The molecule has 3 aromatic rings. The van der Waals surface area contributed by atoms with E-state index in [2.05, 4.69) is 10.4 Å². The summed E-state index contributed by atoms with van der Waals surface area (Å²) in [6.45, 7) is 6.35. The Bertz CT molecular complexity index is 1360. The van der Waals surface area contributed by atoms with E-state index in [0.29, 0.717) is 24.9 Å². The Morgan fingerprint density at radius 3 is 2.58 bits per heavy atom. The molecule has 0 radical (unpaired) electrons. The molecule has 0 atom stereocenters. The molecule has 0 unspecified atom stereocenters. The highest BCUT2D eigenvalue weighted by molar-refractivity contribution is 7.89. The Hall–Kier alpha value is -2.86. The Morgan fingerprint density at radius 2 is 1.94 bits per heavy atom. The molecule has 2 aromatic heterocycles. The van der Waals surface area contributed by atoms with Crippen LogP contribution >= 0.6 is 0 Å². The molecule has 4 rings (SSSR count). The van der Waals surface area contributed by atoms with Crippen molar-refractivity contribution in [2.75, 3.05) is 13.2 Å². The quantitative estimate of drug-likeness (QED) is 0.491. The zero-order valence-corrected chi connectivity index (χ0v) is 21.4. The Kier molecular flexibility index (Phi) is 6.95. The molecule has 0 aliphatic heterocycles. The van der Waals surface area contributed by atoms with Gasteiger partial charge in [-0.1, -0.05) is 20.8 Å². The van der Waals surface area contributed by atoms with Crippen LogP contribution in [0.1, 0.15) is 62.6 Å². The van der Waals surface area contributed by atoms with Gasteiger partial charge in [-0.05, 0) is 37.0 Å². The van der Waals surface area contributed by atoms with Gasteiger partial charge in [-0.25, -0.2) is 13.8 Å². The number of imidazole rings is 1. The van der Waals surface area contributed by atoms with Crippen LogP contribution in [0.15, 0.2) is 35.5 Å². The van der Waals surface area contributed by atoms with Gasteiger partial charge in [0.05, 0.1) is 40.5 Å². The second kappa shape index (κ2) is 9.55. The fraction of sp³-hybridized carbons (Fsp3) is 0.542. The van der Waals surface area contributed by atoms with Gasteiger partial charge < -0.3 is 15.0 Å². The number of fused-ring (bicyclic) bond motifs is 1. The van der Waals surface area contributed by atoms with Crippen LogP contribution in [0.2, 0.25) is 0 Å². The van der Waals surface area contributed by atoms with E-state index >= 15 is 0 Å². The number of halogens is 2. The van der Waals surface area contributed by atoms with E-state index in [4.69, 9.17) is 10.1 Å². The lowest BCUT2D eigenvalue weighted by molar-refractivity contribution is -0.0473. The van der Waals surface area contributed by atoms with Crippen LogP contribution in [0.25, 0.3) is 11.0 Å². The lowest BCUT2D eigenvalue weighted by Crippen LogP contribution is -2.28. The van der Waals surface area contributed by atoms with Crippen molar-refractivity contribution in [2.24, 2.45) is 5.92 Å². The minimum absolute atomic E-state index is 0.0372. The lowest BCUT2D eigenvalue weighted by atomic mass is 9.86. The molecule has 0 saturated heterocycles. The molecule has 1 aliphatic rings. The molecule has 36 heavy (non-hydrogen) atoms. The average molecular weight is 524 g/mol. The molecule has 1 fully saturated rings. The molecule has 1 aliphatic carbocycles. The third-order valence-corrected chi connectivity index (χ3v) is 7.97. The van der Waals surface area contributed by atoms with Gasteiger partial charge >= 0.3 is 0 Å². The van der Waals surface area contributed by atoms with Gasteiger partial charge in [0.15, 0.2) is 0 Å². The summed E-state index contributed by atoms with van der Waals surface area (Å²) < 4.78 is 56.5. The van der Waals surface area contributed by atoms with Gasteiger partial charge in [-0.2, -0.15) is 17.6 Å². The zero-order valence-electron chi connectivity index (χ0n) is 20.5. The molecule has 196 valence electrons. The molecule has 2 N–H and O–H groups in total. The highest BCUT2D eigenvalue weighted by Gasteiger charge is 2.36. The third-order valence-electron chi connectivity index (χ3n) is 6.43. The van der Waals surface area contributed by atoms with Gasteiger partial charge in [0.1, 0.15) is 5.82 Å². The van der Waals surface area contributed by atoms with Crippen LogP contribution in [0, 0.1) is 5.92 Å². The first-order chi connectivity index (χ1) is 16.8. The molecule has 1 amide bonds. The number of carbonyl (C=O) groups excluding carboxylic acids is 1. The van der Waals surface area contributed by atoms with E-state index in [1.807, 2.05) is 25.3 Å². The van der Waals surface area contributed by atoms with Gasteiger partial charge in [0.25, 0.3) is 15.9 Å². The first-order valence-corrected chi connectivity index (χ1v) is 13.3. The largest absolute Gasteiger partial charge is 0.395 e. The second-order valence-corrected chi connectivity index (χ2v) is 12.1. The normalized spacial score (nSPS) is 16.9. The third kappa shape index (κ3) is 5.29. The summed E-state index contributed by atoms with van der Waals surface area (Å²) in [5.41, 5.74) is 0.913. The van der Waals surface area contributed by atoms with Gasteiger partial charge in [0, 0.05) is 31.3 Å². The number of benzene rings is 1. The predicted octanol–water partition coefficient (Wildman–Crippen LogP) is 3.31. The maximum absolute atomic E-state index is 13.7. The van der Waals surface area contributed by atoms with Crippen molar-refractivity contribution in [2.45, 2.75) is 69.2 Å². The van der Waals surface area contributed by atoms with E-state index in [0.717, 1.165) is 27.8 Å². The van der Waals surface area contributed by atoms with E-state index in [9.17, 15) is 22.0 Å². The molecule has 2 heterocycles. The van der Waals surface area contributed by atoms with Crippen molar-refractivity contribution in [1.29, 1.82) is 0 Å². The Labute approximate surface area is 208 Å². The molecule has 0 spiro atoms. The molecular formula is C24H31F2N5O4S. The first-order valence-electron chi connectivity index (χ1n) is 11.9. The summed E-state index contributed by atoms with van der Waals surface area (Å²) in [6.07, 6.45) is 2.86. The number of aromatic nitrogens is 4. The monoisotopic (exact) mass is 523 g/mol. The second-order valence-electron chi connectivity index (χ2n) is 10.3. The van der Waals surface area contributed by atoms with Gasteiger partial charge in [-0.15, -0.1) is 0 Å². The van der Waals surface area contributed by atoms with Crippen LogP contribution in [0.5, 0.6) is 0 Å². The van der Waals surface area contributed by atoms with Crippen molar-refractivity contribution >= 4 is 27.0 Å². The highest BCUT2D eigenvalue weighted by atomic mass is 32.2. The van der Waals surface area contributed by atoms with E-state index in [1.54, 1.807) is 6.07 Å². The summed E-state index contributed by atoms with van der Waals surface area (Å²) >= 11 is 0. The van der Waals surface area contributed by atoms with Crippen molar-refractivity contribution in [1.82, 2.24) is 24.1 Å². The van der Waals surface area contributed by atoms with Crippen LogP contribution in [-0.2, 0) is 22.0 Å². The molecular weight excluding hydrogens is 492 g/mol. The fourth-order valence-electron chi connectivity index (χ4n) is 4.50. The van der Waals surface area contributed by atoms with E-state index in [-0.39, 0.29) is 47.8 Å². The van der Waals surface area contributed by atoms with Crippen molar-refractivity contribution in [3.05, 3.63) is 42.0 Å². The zero-order chi connectivity index (χ0) is 26.3. The number of rotatable bonds is 7.